The largest absolute Gasteiger partial charge is 0.295 e. The van der Waals surface area contributed by atoms with E-state index in [1.807, 2.05) is 30.3 Å². The summed E-state index contributed by atoms with van der Waals surface area (Å²) in [6.45, 7) is 1.74. The number of hydrogen-bond acceptors (Lipinski definition) is 4. The van der Waals surface area contributed by atoms with Gasteiger partial charge in [0.25, 0.3) is 5.56 Å². The van der Waals surface area contributed by atoms with Gasteiger partial charge in [-0.15, -0.1) is 0 Å². The van der Waals surface area contributed by atoms with Crippen LogP contribution in [0.3, 0.4) is 0 Å². The molecule has 0 amide bonds. The first kappa shape index (κ1) is 16.9. The number of primary sulfonamides is 1. The lowest BCUT2D eigenvalue weighted by molar-refractivity contribution is 0.597. The Morgan fingerprint density at radius 2 is 1.84 bits per heavy atom. The average Bonchev–Trinajstić information content (AvgIpc) is 2.88. The van der Waals surface area contributed by atoms with Gasteiger partial charge >= 0.3 is 0 Å². The van der Waals surface area contributed by atoms with Gasteiger partial charge in [0.05, 0.1) is 21.8 Å². The third kappa shape index (κ3) is 3.59. The van der Waals surface area contributed by atoms with Crippen LogP contribution in [0.15, 0.2) is 69.3 Å². The predicted molar refractivity (Wildman–Crippen MR) is 96.2 cm³/mol. The van der Waals surface area contributed by atoms with Crippen molar-refractivity contribution in [2.24, 2.45) is 10.1 Å². The fraction of sp³-hybridized carbons (Fsp3) is 0.0588. The number of sulfonamides is 1. The molecule has 0 atom stereocenters. The summed E-state index contributed by atoms with van der Waals surface area (Å²) in [4.78, 5) is 16.9. The summed E-state index contributed by atoms with van der Waals surface area (Å²) < 4.78 is 24.2. The zero-order chi connectivity index (χ0) is 18.0. The number of aryl methyl sites for hydroxylation is 1. The van der Waals surface area contributed by atoms with Crippen molar-refractivity contribution in [2.75, 3.05) is 0 Å². The molecular formula is C17H16N4O3S. The maximum absolute atomic E-state index is 12.6. The zero-order valence-electron chi connectivity index (χ0n) is 13.4. The van der Waals surface area contributed by atoms with Crippen LogP contribution in [0.4, 0.5) is 5.69 Å². The minimum Gasteiger partial charge on any atom is -0.295 e. The van der Waals surface area contributed by atoms with E-state index in [2.05, 4.69) is 10.1 Å². The molecule has 128 valence electrons. The van der Waals surface area contributed by atoms with E-state index in [1.54, 1.807) is 13.0 Å². The molecule has 0 aliphatic rings. The highest BCUT2D eigenvalue weighted by Crippen LogP contribution is 2.14. The second kappa shape index (κ2) is 6.50. The van der Waals surface area contributed by atoms with Gasteiger partial charge in [-0.3, -0.25) is 14.9 Å². The standard InChI is InChI=1S/C17H16N4O3S/c1-12-16(11-19-13-6-3-2-4-7-13)17(22)21(20-12)14-8-5-9-15(10-14)25(18,23)24/h2-11,20H,1H3,(H2,18,23,24). The first-order chi connectivity index (χ1) is 11.9. The molecule has 3 aromatic rings. The molecule has 0 spiro atoms. The summed E-state index contributed by atoms with van der Waals surface area (Å²) in [5.41, 5.74) is 1.78. The molecule has 0 fully saturated rings. The summed E-state index contributed by atoms with van der Waals surface area (Å²) in [7, 11) is -3.85. The van der Waals surface area contributed by atoms with E-state index in [1.165, 1.54) is 29.1 Å². The third-order valence-electron chi connectivity index (χ3n) is 3.62. The van der Waals surface area contributed by atoms with Crippen LogP contribution in [0.5, 0.6) is 0 Å². The molecule has 0 saturated carbocycles. The van der Waals surface area contributed by atoms with Crippen LogP contribution in [-0.2, 0) is 10.0 Å². The Kier molecular flexibility index (Phi) is 4.39. The summed E-state index contributed by atoms with van der Waals surface area (Å²) >= 11 is 0. The van der Waals surface area contributed by atoms with Crippen molar-refractivity contribution in [1.29, 1.82) is 0 Å². The molecule has 0 unspecified atom stereocenters. The molecular weight excluding hydrogens is 340 g/mol. The van der Waals surface area contributed by atoms with E-state index < -0.39 is 10.0 Å². The second-order valence-electron chi connectivity index (χ2n) is 5.43. The Bertz CT molecular complexity index is 1100. The number of H-pyrrole nitrogens is 1. The number of nitrogens with two attached hydrogens (primary N) is 1. The summed E-state index contributed by atoms with van der Waals surface area (Å²) in [5, 5.41) is 8.06. The van der Waals surface area contributed by atoms with Crippen LogP contribution in [0.1, 0.15) is 11.3 Å². The minimum absolute atomic E-state index is 0.0661. The summed E-state index contributed by atoms with van der Waals surface area (Å²) in [6, 6.07) is 15.1. The van der Waals surface area contributed by atoms with Crippen molar-refractivity contribution in [3.05, 3.63) is 76.2 Å². The molecule has 0 aliphatic heterocycles. The molecule has 0 radical (unpaired) electrons. The average molecular weight is 356 g/mol. The molecule has 1 aromatic heterocycles. The topological polar surface area (TPSA) is 110 Å². The molecule has 3 rings (SSSR count). The van der Waals surface area contributed by atoms with Crippen molar-refractivity contribution in [1.82, 2.24) is 9.78 Å². The van der Waals surface area contributed by atoms with Crippen LogP contribution in [0.2, 0.25) is 0 Å². The SMILES string of the molecule is Cc1[nH]n(-c2cccc(S(N)(=O)=O)c2)c(=O)c1C=Nc1ccccc1. The van der Waals surface area contributed by atoms with Gasteiger partial charge in [0, 0.05) is 11.9 Å². The number of nitrogens with one attached hydrogen (secondary N) is 1. The number of benzene rings is 2. The third-order valence-corrected chi connectivity index (χ3v) is 4.53. The maximum Gasteiger partial charge on any atom is 0.280 e. The van der Waals surface area contributed by atoms with Gasteiger partial charge in [0.1, 0.15) is 0 Å². The normalized spacial score (nSPS) is 11.9. The Morgan fingerprint density at radius 1 is 1.12 bits per heavy atom. The molecule has 1 heterocycles. The lowest BCUT2D eigenvalue weighted by Crippen LogP contribution is -2.18. The molecule has 0 saturated heterocycles. The lowest BCUT2D eigenvalue weighted by atomic mass is 10.2. The van der Waals surface area contributed by atoms with Gasteiger partial charge in [-0.2, -0.15) is 0 Å². The van der Waals surface area contributed by atoms with E-state index in [0.29, 0.717) is 16.9 Å². The highest BCUT2D eigenvalue weighted by Gasteiger charge is 2.13. The highest BCUT2D eigenvalue weighted by atomic mass is 32.2. The van der Waals surface area contributed by atoms with Crippen molar-refractivity contribution < 1.29 is 8.42 Å². The minimum atomic E-state index is -3.85. The van der Waals surface area contributed by atoms with Crippen LogP contribution in [-0.4, -0.2) is 24.4 Å². The van der Waals surface area contributed by atoms with E-state index in [9.17, 15) is 13.2 Å². The van der Waals surface area contributed by atoms with E-state index >= 15 is 0 Å². The molecule has 8 heteroatoms. The summed E-state index contributed by atoms with van der Waals surface area (Å²) in [6.07, 6.45) is 1.49. The Hall–Kier alpha value is -2.97. The molecule has 3 N–H and O–H groups in total. The van der Waals surface area contributed by atoms with Crippen molar-refractivity contribution >= 4 is 21.9 Å². The van der Waals surface area contributed by atoms with Gasteiger partial charge in [-0.25, -0.2) is 18.2 Å². The van der Waals surface area contributed by atoms with E-state index in [0.717, 1.165) is 5.69 Å². The van der Waals surface area contributed by atoms with E-state index in [-0.39, 0.29) is 10.5 Å². The first-order valence-electron chi connectivity index (χ1n) is 7.40. The van der Waals surface area contributed by atoms with Crippen LogP contribution in [0, 0.1) is 6.92 Å². The zero-order valence-corrected chi connectivity index (χ0v) is 14.2. The number of aliphatic imine (C=N–C) groups is 1. The van der Waals surface area contributed by atoms with Crippen molar-refractivity contribution in [3.8, 4) is 5.69 Å². The molecule has 25 heavy (non-hydrogen) atoms. The van der Waals surface area contributed by atoms with Gasteiger partial charge in [0.15, 0.2) is 0 Å². The fourth-order valence-corrected chi connectivity index (χ4v) is 2.90. The number of para-hydroxylation sites is 1. The number of hydrogen-bond donors (Lipinski definition) is 2. The molecule has 2 aromatic carbocycles. The first-order valence-corrected chi connectivity index (χ1v) is 8.95. The Labute approximate surface area is 144 Å². The van der Waals surface area contributed by atoms with Gasteiger partial charge in [0.2, 0.25) is 10.0 Å². The highest BCUT2D eigenvalue weighted by molar-refractivity contribution is 7.89. The van der Waals surface area contributed by atoms with Crippen LogP contribution < -0.4 is 10.7 Å². The second-order valence-corrected chi connectivity index (χ2v) is 6.99. The number of rotatable bonds is 4. The molecule has 0 aliphatic carbocycles. The van der Waals surface area contributed by atoms with Crippen LogP contribution >= 0.6 is 0 Å². The number of nitrogens with zero attached hydrogens (tertiary/aromatic N) is 2. The number of aromatic amines is 1. The fourth-order valence-electron chi connectivity index (χ4n) is 2.35. The van der Waals surface area contributed by atoms with Crippen molar-refractivity contribution in [3.63, 3.8) is 0 Å². The quantitative estimate of drug-likeness (QED) is 0.696. The Morgan fingerprint density at radius 3 is 2.52 bits per heavy atom. The summed E-state index contributed by atoms with van der Waals surface area (Å²) in [5.74, 6) is 0. The predicted octanol–water partition coefficient (Wildman–Crippen LogP) is 1.87. The van der Waals surface area contributed by atoms with Gasteiger partial charge < -0.3 is 0 Å². The Balaban J connectivity index is 2.04. The van der Waals surface area contributed by atoms with E-state index in [4.69, 9.17) is 5.14 Å². The van der Waals surface area contributed by atoms with Gasteiger partial charge in [-0.1, -0.05) is 24.3 Å². The maximum atomic E-state index is 12.6. The van der Waals surface area contributed by atoms with Crippen LogP contribution in [0.25, 0.3) is 5.69 Å². The smallest absolute Gasteiger partial charge is 0.280 e. The number of aromatic nitrogens is 2. The molecule has 0 bridgehead atoms. The molecule has 7 nitrogen and oxygen atoms in total. The monoisotopic (exact) mass is 356 g/mol. The lowest BCUT2D eigenvalue weighted by Gasteiger charge is -2.03. The van der Waals surface area contributed by atoms with Gasteiger partial charge in [-0.05, 0) is 37.3 Å². The van der Waals surface area contributed by atoms with Crippen molar-refractivity contribution in [2.45, 2.75) is 11.8 Å².